The summed E-state index contributed by atoms with van der Waals surface area (Å²) >= 11 is 3.26. The average Bonchev–Trinajstić information content (AvgIpc) is 2.74. The Bertz CT molecular complexity index is 489. The van der Waals surface area contributed by atoms with Crippen molar-refractivity contribution in [1.82, 2.24) is 9.78 Å². The number of aryl methyl sites for hydroxylation is 2. The third-order valence-electron chi connectivity index (χ3n) is 2.49. The van der Waals surface area contributed by atoms with E-state index < -0.39 is 0 Å². The molecule has 0 aliphatic carbocycles. The number of furan rings is 1. The first-order chi connectivity index (χ1) is 7.56. The van der Waals surface area contributed by atoms with Crippen LogP contribution < -0.4 is 5.73 Å². The molecule has 0 aliphatic heterocycles. The minimum absolute atomic E-state index is 0.138. The fourth-order valence-corrected chi connectivity index (χ4v) is 2.03. The Morgan fingerprint density at radius 2 is 2.31 bits per heavy atom. The smallest absolute Gasteiger partial charge is 0.169 e. The normalized spacial score (nSPS) is 13.0. The molecular weight excluding hydrogens is 270 g/mol. The maximum Gasteiger partial charge on any atom is 0.169 e. The number of rotatable bonds is 3. The van der Waals surface area contributed by atoms with Gasteiger partial charge in [-0.15, -0.1) is 0 Å². The van der Waals surface area contributed by atoms with Crippen molar-refractivity contribution in [2.75, 3.05) is 0 Å². The quantitative estimate of drug-likeness (QED) is 0.941. The van der Waals surface area contributed by atoms with E-state index in [4.69, 9.17) is 10.2 Å². The van der Waals surface area contributed by atoms with Gasteiger partial charge in [-0.05, 0) is 41.1 Å². The van der Waals surface area contributed by atoms with Gasteiger partial charge in [0.2, 0.25) is 0 Å². The zero-order valence-corrected chi connectivity index (χ0v) is 10.9. The van der Waals surface area contributed by atoms with Crippen molar-refractivity contribution in [3.8, 4) is 0 Å². The van der Waals surface area contributed by atoms with E-state index in [1.54, 1.807) is 0 Å². The van der Waals surface area contributed by atoms with E-state index in [9.17, 15) is 0 Å². The van der Waals surface area contributed by atoms with Crippen molar-refractivity contribution < 1.29 is 4.42 Å². The van der Waals surface area contributed by atoms with Crippen LogP contribution in [0.3, 0.4) is 0 Å². The topological polar surface area (TPSA) is 57.0 Å². The van der Waals surface area contributed by atoms with Gasteiger partial charge in [0.05, 0.1) is 11.7 Å². The van der Waals surface area contributed by atoms with Gasteiger partial charge < -0.3 is 10.2 Å². The standard InChI is InChI=1S/C11H14BrN3O/c1-7-5-8(15(2)14-7)6-9(13)10-3-4-11(12)16-10/h3-5,9H,6,13H2,1-2H3. The van der Waals surface area contributed by atoms with Crippen molar-refractivity contribution >= 4 is 15.9 Å². The molecule has 0 bridgehead atoms. The van der Waals surface area contributed by atoms with Gasteiger partial charge >= 0.3 is 0 Å². The second kappa shape index (κ2) is 4.43. The van der Waals surface area contributed by atoms with Crippen LogP contribution in [0.1, 0.15) is 23.2 Å². The van der Waals surface area contributed by atoms with Gasteiger partial charge in [-0.2, -0.15) is 5.10 Å². The Morgan fingerprint density at radius 1 is 1.56 bits per heavy atom. The fraction of sp³-hybridized carbons (Fsp3) is 0.364. The van der Waals surface area contributed by atoms with Gasteiger partial charge in [0, 0.05) is 19.2 Å². The second-order valence-corrected chi connectivity index (χ2v) is 4.63. The number of hydrogen-bond donors (Lipinski definition) is 1. The number of hydrogen-bond acceptors (Lipinski definition) is 3. The Hall–Kier alpha value is -1.07. The number of nitrogens with zero attached hydrogens (tertiary/aromatic N) is 2. The van der Waals surface area contributed by atoms with Crippen LogP contribution in [0.4, 0.5) is 0 Å². The van der Waals surface area contributed by atoms with Gasteiger partial charge in [-0.1, -0.05) is 0 Å². The molecule has 0 fully saturated rings. The zero-order chi connectivity index (χ0) is 11.7. The summed E-state index contributed by atoms with van der Waals surface area (Å²) in [4.78, 5) is 0. The molecule has 0 saturated carbocycles. The van der Waals surface area contributed by atoms with Crippen molar-refractivity contribution in [2.24, 2.45) is 12.8 Å². The van der Waals surface area contributed by atoms with Gasteiger partial charge in [-0.25, -0.2) is 0 Å². The molecule has 4 nitrogen and oxygen atoms in total. The monoisotopic (exact) mass is 283 g/mol. The van der Waals surface area contributed by atoms with E-state index in [-0.39, 0.29) is 6.04 Å². The van der Waals surface area contributed by atoms with E-state index in [0.717, 1.165) is 23.6 Å². The highest BCUT2D eigenvalue weighted by atomic mass is 79.9. The van der Waals surface area contributed by atoms with Crippen molar-refractivity contribution in [3.05, 3.63) is 40.0 Å². The highest BCUT2D eigenvalue weighted by molar-refractivity contribution is 9.10. The molecule has 2 aromatic heterocycles. The molecule has 2 rings (SSSR count). The molecule has 16 heavy (non-hydrogen) atoms. The molecule has 1 atom stereocenters. The highest BCUT2D eigenvalue weighted by Crippen LogP contribution is 2.21. The first-order valence-corrected chi connectivity index (χ1v) is 5.86. The molecule has 0 spiro atoms. The summed E-state index contributed by atoms with van der Waals surface area (Å²) < 4.78 is 7.99. The lowest BCUT2D eigenvalue weighted by molar-refractivity contribution is 0.443. The molecule has 5 heteroatoms. The van der Waals surface area contributed by atoms with E-state index in [1.807, 2.05) is 36.9 Å². The maximum absolute atomic E-state index is 6.06. The summed E-state index contributed by atoms with van der Waals surface area (Å²) in [5.74, 6) is 0.783. The van der Waals surface area contributed by atoms with Crippen LogP contribution >= 0.6 is 15.9 Å². The van der Waals surface area contributed by atoms with Crippen LogP contribution in [0.2, 0.25) is 0 Å². The van der Waals surface area contributed by atoms with E-state index in [0.29, 0.717) is 4.67 Å². The van der Waals surface area contributed by atoms with Crippen molar-refractivity contribution in [1.29, 1.82) is 0 Å². The molecule has 0 aliphatic rings. The van der Waals surface area contributed by atoms with Gasteiger partial charge in [0.25, 0.3) is 0 Å². The van der Waals surface area contributed by atoms with Crippen LogP contribution in [0.5, 0.6) is 0 Å². The third-order valence-corrected chi connectivity index (χ3v) is 2.91. The molecule has 2 N–H and O–H groups in total. The van der Waals surface area contributed by atoms with Gasteiger partial charge in [-0.3, -0.25) is 4.68 Å². The summed E-state index contributed by atoms with van der Waals surface area (Å²) in [5, 5.41) is 4.28. The maximum atomic E-state index is 6.06. The van der Waals surface area contributed by atoms with Gasteiger partial charge in [0.1, 0.15) is 5.76 Å². The lowest BCUT2D eigenvalue weighted by Gasteiger charge is -2.08. The molecule has 86 valence electrons. The molecule has 0 amide bonds. The minimum atomic E-state index is -0.138. The van der Waals surface area contributed by atoms with Crippen molar-refractivity contribution in [2.45, 2.75) is 19.4 Å². The number of aromatic nitrogens is 2. The Kier molecular flexibility index (Phi) is 3.16. The molecule has 2 heterocycles. The van der Waals surface area contributed by atoms with Gasteiger partial charge in [0.15, 0.2) is 4.67 Å². The van der Waals surface area contributed by atoms with E-state index in [1.165, 1.54) is 0 Å². The predicted molar refractivity (Wildman–Crippen MR) is 65.0 cm³/mol. The van der Waals surface area contributed by atoms with E-state index >= 15 is 0 Å². The fourth-order valence-electron chi connectivity index (χ4n) is 1.71. The zero-order valence-electron chi connectivity index (χ0n) is 9.27. The molecule has 2 aromatic rings. The molecular formula is C11H14BrN3O. The number of halogens is 1. The number of nitrogens with two attached hydrogens (primary N) is 1. The van der Waals surface area contributed by atoms with Crippen LogP contribution in [-0.2, 0) is 13.5 Å². The Labute approximate surface area is 103 Å². The summed E-state index contributed by atoms with van der Waals surface area (Å²) in [6.45, 7) is 1.97. The van der Waals surface area contributed by atoms with Crippen LogP contribution in [-0.4, -0.2) is 9.78 Å². The summed E-state index contributed by atoms with van der Waals surface area (Å²) in [6.07, 6.45) is 0.720. The lowest BCUT2D eigenvalue weighted by Crippen LogP contribution is -2.14. The predicted octanol–water partition coefficient (Wildman–Crippen LogP) is 2.33. The van der Waals surface area contributed by atoms with Crippen molar-refractivity contribution in [3.63, 3.8) is 0 Å². The lowest BCUT2D eigenvalue weighted by atomic mass is 10.1. The SMILES string of the molecule is Cc1cc(CC(N)c2ccc(Br)o2)n(C)n1. The van der Waals surface area contributed by atoms with Crippen LogP contribution in [0.25, 0.3) is 0 Å². The molecule has 0 radical (unpaired) electrons. The first-order valence-electron chi connectivity index (χ1n) is 5.06. The minimum Gasteiger partial charge on any atom is -0.453 e. The average molecular weight is 284 g/mol. The summed E-state index contributed by atoms with van der Waals surface area (Å²) in [7, 11) is 1.92. The summed E-state index contributed by atoms with van der Waals surface area (Å²) in [5.41, 5.74) is 8.18. The molecule has 0 saturated heterocycles. The Balaban J connectivity index is 2.13. The molecule has 1 unspecified atom stereocenters. The van der Waals surface area contributed by atoms with Crippen LogP contribution in [0.15, 0.2) is 27.3 Å². The van der Waals surface area contributed by atoms with Crippen LogP contribution in [0, 0.1) is 6.92 Å². The first kappa shape index (κ1) is 11.4. The second-order valence-electron chi connectivity index (χ2n) is 3.85. The highest BCUT2D eigenvalue weighted by Gasteiger charge is 2.13. The molecule has 0 aromatic carbocycles. The third kappa shape index (κ3) is 2.36. The van der Waals surface area contributed by atoms with E-state index in [2.05, 4.69) is 21.0 Å². The largest absolute Gasteiger partial charge is 0.453 e. The summed E-state index contributed by atoms with van der Waals surface area (Å²) in [6, 6.07) is 5.64. The Morgan fingerprint density at radius 3 is 2.81 bits per heavy atom.